The molecule has 2 fully saturated rings. The van der Waals surface area contributed by atoms with Gasteiger partial charge in [0.25, 0.3) is 11.6 Å². The molecule has 3 N–H and O–H groups in total. The number of morpholine rings is 1. The lowest BCUT2D eigenvalue weighted by atomic mass is 9.79. The Balaban J connectivity index is 1.59. The smallest absolute Gasteiger partial charge is 0.341 e. The zero-order valence-electron chi connectivity index (χ0n) is 18.7. The van der Waals surface area contributed by atoms with Crippen molar-refractivity contribution in [1.82, 2.24) is 10.2 Å². The molecule has 0 aromatic heterocycles. The van der Waals surface area contributed by atoms with Crippen molar-refractivity contribution in [2.75, 3.05) is 57.9 Å². The Morgan fingerprint density at radius 1 is 1.21 bits per heavy atom. The number of carbonyl (C=O) groups is 2. The molecule has 33 heavy (non-hydrogen) atoms. The molecular formula is C22H32N4O7. The van der Waals surface area contributed by atoms with Crippen molar-refractivity contribution in [2.24, 2.45) is 0 Å². The van der Waals surface area contributed by atoms with E-state index in [2.05, 4.69) is 15.5 Å². The molecule has 1 aromatic carbocycles. The summed E-state index contributed by atoms with van der Waals surface area (Å²) in [5.41, 5.74) is -0.162. The molecule has 3 rings (SSSR count). The molecule has 0 radical (unpaired) electrons. The summed E-state index contributed by atoms with van der Waals surface area (Å²) in [5, 5.41) is 25.8. The first-order valence-corrected chi connectivity index (χ1v) is 11.3. The molecule has 1 aliphatic heterocycles. The van der Waals surface area contributed by atoms with Gasteiger partial charge in [-0.15, -0.1) is 0 Å². The monoisotopic (exact) mass is 464 g/mol. The van der Waals surface area contributed by atoms with E-state index in [1.54, 1.807) is 0 Å². The minimum absolute atomic E-state index is 0.0671. The van der Waals surface area contributed by atoms with Gasteiger partial charge in [0.05, 0.1) is 30.3 Å². The number of non-ortho nitro benzene ring substituents is 1. The van der Waals surface area contributed by atoms with Crippen LogP contribution < -0.4 is 10.6 Å². The molecule has 1 heterocycles. The molecule has 0 spiro atoms. The summed E-state index contributed by atoms with van der Waals surface area (Å²) < 4.78 is 10.6. The van der Waals surface area contributed by atoms with E-state index in [1.807, 2.05) is 0 Å². The first kappa shape index (κ1) is 24.9. The van der Waals surface area contributed by atoms with Crippen molar-refractivity contribution in [3.8, 4) is 0 Å². The number of amides is 1. The van der Waals surface area contributed by atoms with Crippen LogP contribution in [0.1, 0.15) is 42.5 Å². The first-order chi connectivity index (χ1) is 15.9. The number of ether oxygens (including phenoxy) is 2. The molecule has 11 heteroatoms. The van der Waals surface area contributed by atoms with Crippen LogP contribution in [0.25, 0.3) is 0 Å². The van der Waals surface area contributed by atoms with Gasteiger partial charge in [0, 0.05) is 49.5 Å². The van der Waals surface area contributed by atoms with E-state index in [9.17, 15) is 19.7 Å². The summed E-state index contributed by atoms with van der Waals surface area (Å²) in [6.07, 6.45) is 5.41. The predicted octanol–water partition coefficient (Wildman–Crippen LogP) is 1.31. The number of nitro benzene ring substituents is 1. The van der Waals surface area contributed by atoms with Gasteiger partial charge in [-0.1, -0.05) is 19.3 Å². The second kappa shape index (κ2) is 11.9. The third kappa shape index (κ3) is 6.62. The molecule has 0 bridgehead atoms. The Morgan fingerprint density at radius 2 is 1.94 bits per heavy atom. The average Bonchev–Trinajstić information content (AvgIpc) is 2.85. The second-order valence-electron chi connectivity index (χ2n) is 8.37. The van der Waals surface area contributed by atoms with Crippen molar-refractivity contribution >= 4 is 23.3 Å². The summed E-state index contributed by atoms with van der Waals surface area (Å²) in [6, 6.07) is 3.72. The number of nitrogens with one attached hydrogen (secondary N) is 2. The molecular weight excluding hydrogens is 432 g/mol. The van der Waals surface area contributed by atoms with E-state index in [4.69, 9.17) is 14.6 Å². The van der Waals surface area contributed by atoms with Gasteiger partial charge in [-0.25, -0.2) is 4.79 Å². The van der Waals surface area contributed by atoms with Crippen LogP contribution >= 0.6 is 0 Å². The van der Waals surface area contributed by atoms with E-state index in [1.165, 1.54) is 18.6 Å². The summed E-state index contributed by atoms with van der Waals surface area (Å²) >= 11 is 0. The molecule has 1 saturated heterocycles. The Labute approximate surface area is 192 Å². The van der Waals surface area contributed by atoms with Crippen molar-refractivity contribution in [1.29, 1.82) is 0 Å². The molecule has 182 valence electrons. The highest BCUT2D eigenvalue weighted by Crippen LogP contribution is 2.34. The standard InChI is InChI=1S/C22H32N4O7/c27-11-8-23-19-5-4-17(26(30)31)14-18(19)21(29)33-15-20(28)24-16-22(6-2-1-3-7-22)25-9-12-32-13-10-25/h4-5,14,23,27H,1-3,6-13,15-16H2,(H,24,28). The Bertz CT molecular complexity index is 836. The highest BCUT2D eigenvalue weighted by molar-refractivity contribution is 5.97. The van der Waals surface area contributed by atoms with Gasteiger partial charge in [-0.2, -0.15) is 0 Å². The summed E-state index contributed by atoms with van der Waals surface area (Å²) in [5.74, 6) is -1.27. The largest absolute Gasteiger partial charge is 0.452 e. The fourth-order valence-electron chi connectivity index (χ4n) is 4.53. The number of carbonyl (C=O) groups excluding carboxylic acids is 2. The minimum atomic E-state index is -0.852. The van der Waals surface area contributed by atoms with Crippen LogP contribution in [-0.2, 0) is 14.3 Å². The average molecular weight is 465 g/mol. The van der Waals surface area contributed by atoms with E-state index in [0.29, 0.717) is 19.8 Å². The quantitative estimate of drug-likeness (QED) is 0.265. The van der Waals surface area contributed by atoms with Gasteiger partial charge in [-0.05, 0) is 18.9 Å². The van der Waals surface area contributed by atoms with Gasteiger partial charge < -0.3 is 25.2 Å². The lowest BCUT2D eigenvalue weighted by Crippen LogP contribution is -2.59. The molecule has 1 amide bonds. The lowest BCUT2D eigenvalue weighted by Gasteiger charge is -2.48. The van der Waals surface area contributed by atoms with Crippen LogP contribution in [0.5, 0.6) is 0 Å². The Kier molecular flexibility index (Phi) is 8.98. The van der Waals surface area contributed by atoms with Gasteiger partial charge in [0.2, 0.25) is 0 Å². The van der Waals surface area contributed by atoms with Crippen molar-refractivity contribution in [2.45, 2.75) is 37.6 Å². The Morgan fingerprint density at radius 3 is 2.61 bits per heavy atom. The van der Waals surface area contributed by atoms with E-state index >= 15 is 0 Å². The number of rotatable bonds is 10. The molecule has 1 aliphatic carbocycles. The summed E-state index contributed by atoms with van der Waals surface area (Å²) in [7, 11) is 0. The van der Waals surface area contributed by atoms with E-state index in [0.717, 1.165) is 44.8 Å². The van der Waals surface area contributed by atoms with Crippen LogP contribution in [0.2, 0.25) is 0 Å². The molecule has 1 saturated carbocycles. The third-order valence-corrected chi connectivity index (χ3v) is 6.28. The normalized spacial score (nSPS) is 18.3. The maximum Gasteiger partial charge on any atom is 0.341 e. The van der Waals surface area contributed by atoms with Crippen LogP contribution in [0.4, 0.5) is 11.4 Å². The number of nitro groups is 1. The van der Waals surface area contributed by atoms with Crippen molar-refractivity contribution < 1.29 is 29.1 Å². The summed E-state index contributed by atoms with van der Waals surface area (Å²) in [6.45, 7) is 3.00. The zero-order valence-corrected chi connectivity index (χ0v) is 18.7. The van der Waals surface area contributed by atoms with E-state index in [-0.39, 0.29) is 35.6 Å². The van der Waals surface area contributed by atoms with Crippen LogP contribution in [-0.4, -0.2) is 85.0 Å². The number of hydrogen-bond acceptors (Lipinski definition) is 9. The maximum atomic E-state index is 12.6. The SMILES string of the molecule is O=C(COC(=O)c1cc([N+](=O)[O-])ccc1NCCO)NCC1(N2CCOCC2)CCCCC1. The lowest BCUT2D eigenvalue weighted by molar-refractivity contribution is -0.384. The fraction of sp³-hybridized carbons (Fsp3) is 0.636. The van der Waals surface area contributed by atoms with Crippen molar-refractivity contribution in [3.63, 3.8) is 0 Å². The zero-order chi connectivity index (χ0) is 23.7. The fourth-order valence-corrected chi connectivity index (χ4v) is 4.53. The maximum absolute atomic E-state index is 12.6. The third-order valence-electron chi connectivity index (χ3n) is 6.28. The van der Waals surface area contributed by atoms with E-state index < -0.39 is 23.4 Å². The van der Waals surface area contributed by atoms with Gasteiger partial charge in [0.15, 0.2) is 6.61 Å². The molecule has 1 aromatic rings. The molecule has 11 nitrogen and oxygen atoms in total. The van der Waals surface area contributed by atoms with Crippen molar-refractivity contribution in [3.05, 3.63) is 33.9 Å². The molecule has 2 aliphatic rings. The van der Waals surface area contributed by atoms with Gasteiger partial charge in [-0.3, -0.25) is 19.8 Å². The number of esters is 1. The molecule has 0 atom stereocenters. The number of nitrogens with zero attached hydrogens (tertiary/aromatic N) is 2. The first-order valence-electron chi connectivity index (χ1n) is 11.3. The Hall–Kier alpha value is -2.76. The number of benzene rings is 1. The van der Waals surface area contributed by atoms with Gasteiger partial charge >= 0.3 is 5.97 Å². The second-order valence-corrected chi connectivity index (χ2v) is 8.37. The number of anilines is 1. The minimum Gasteiger partial charge on any atom is -0.452 e. The topological polar surface area (TPSA) is 143 Å². The van der Waals surface area contributed by atoms with Gasteiger partial charge in [0.1, 0.15) is 0 Å². The highest BCUT2D eigenvalue weighted by atomic mass is 16.6. The number of aliphatic hydroxyl groups is 1. The van der Waals surface area contributed by atoms with Crippen LogP contribution in [0.15, 0.2) is 18.2 Å². The van der Waals surface area contributed by atoms with Crippen LogP contribution in [0, 0.1) is 10.1 Å². The number of aliphatic hydroxyl groups excluding tert-OH is 1. The molecule has 0 unspecified atom stereocenters. The van der Waals surface area contributed by atoms with Crippen LogP contribution in [0.3, 0.4) is 0 Å². The summed E-state index contributed by atoms with van der Waals surface area (Å²) in [4.78, 5) is 37.9. The predicted molar refractivity (Wildman–Crippen MR) is 120 cm³/mol. The number of hydrogen-bond donors (Lipinski definition) is 3. The highest BCUT2D eigenvalue weighted by Gasteiger charge is 2.38.